The number of aryl methyl sites for hydroxylation is 1. The fourth-order valence-electron chi connectivity index (χ4n) is 1.85. The number of rotatable bonds is 2. The summed E-state index contributed by atoms with van der Waals surface area (Å²) in [5, 5.41) is 14.5. The summed E-state index contributed by atoms with van der Waals surface area (Å²) in [5.74, 6) is 0.264. The molecule has 0 atom stereocenters. The molecular formula is C15H20N2OS. The quantitative estimate of drug-likeness (QED) is 0.843. The fourth-order valence-corrected chi connectivity index (χ4v) is 2.89. The minimum absolute atomic E-state index is 0.167. The number of hydrogen-bond donors (Lipinski definition) is 1. The Morgan fingerprint density at radius 1 is 1.26 bits per heavy atom. The number of hydrogen-bond acceptors (Lipinski definition) is 3. The molecule has 0 aliphatic carbocycles. The van der Waals surface area contributed by atoms with Crippen molar-refractivity contribution in [3.63, 3.8) is 0 Å². The van der Waals surface area contributed by atoms with Gasteiger partial charge in [-0.1, -0.05) is 32.9 Å². The van der Waals surface area contributed by atoms with Gasteiger partial charge in [-0.15, -0.1) is 11.8 Å². The van der Waals surface area contributed by atoms with E-state index in [-0.39, 0.29) is 10.5 Å². The van der Waals surface area contributed by atoms with E-state index in [1.54, 1.807) is 4.68 Å². The third-order valence-corrected chi connectivity index (χ3v) is 3.94. The molecule has 19 heavy (non-hydrogen) atoms. The molecule has 0 saturated heterocycles. The van der Waals surface area contributed by atoms with Crippen molar-refractivity contribution in [1.82, 2.24) is 9.78 Å². The number of benzene rings is 1. The minimum atomic E-state index is 0.167. The van der Waals surface area contributed by atoms with Crippen molar-refractivity contribution in [3.8, 4) is 17.0 Å². The first-order chi connectivity index (χ1) is 8.78. The van der Waals surface area contributed by atoms with Crippen LogP contribution in [0, 0.1) is 6.92 Å². The summed E-state index contributed by atoms with van der Waals surface area (Å²) >= 11 is 1.81. The third-order valence-electron chi connectivity index (χ3n) is 2.83. The highest BCUT2D eigenvalue weighted by Gasteiger charge is 2.16. The van der Waals surface area contributed by atoms with E-state index in [0.717, 1.165) is 11.3 Å². The van der Waals surface area contributed by atoms with E-state index in [9.17, 15) is 5.11 Å². The van der Waals surface area contributed by atoms with Gasteiger partial charge >= 0.3 is 0 Å². The zero-order valence-corrected chi connectivity index (χ0v) is 12.9. The van der Waals surface area contributed by atoms with E-state index in [1.807, 2.05) is 37.9 Å². The molecule has 0 unspecified atom stereocenters. The predicted molar refractivity (Wildman–Crippen MR) is 80.7 cm³/mol. The van der Waals surface area contributed by atoms with E-state index >= 15 is 0 Å². The SMILES string of the molecule is Cc1c(O)c(-c2cccc(SC(C)(C)C)c2)nn1C. The van der Waals surface area contributed by atoms with Gasteiger partial charge in [0, 0.05) is 22.3 Å². The predicted octanol–water partition coefficient (Wildman–Crippen LogP) is 3.99. The van der Waals surface area contributed by atoms with Gasteiger partial charge in [0.2, 0.25) is 0 Å². The molecule has 2 rings (SSSR count). The van der Waals surface area contributed by atoms with Gasteiger partial charge in [0.05, 0.1) is 5.69 Å². The van der Waals surface area contributed by atoms with Gasteiger partial charge in [-0.05, 0) is 19.1 Å². The number of nitrogens with zero attached hydrogens (tertiary/aromatic N) is 2. The highest BCUT2D eigenvalue weighted by Crippen LogP contribution is 2.36. The first-order valence-corrected chi connectivity index (χ1v) is 7.11. The normalized spacial score (nSPS) is 11.8. The van der Waals surface area contributed by atoms with Crippen LogP contribution in [0.1, 0.15) is 26.5 Å². The lowest BCUT2D eigenvalue weighted by Gasteiger charge is -2.17. The fraction of sp³-hybridized carbons (Fsp3) is 0.400. The Kier molecular flexibility index (Phi) is 3.63. The second kappa shape index (κ2) is 4.93. The van der Waals surface area contributed by atoms with Crippen LogP contribution in [0.2, 0.25) is 0 Å². The van der Waals surface area contributed by atoms with Gasteiger partial charge in [-0.3, -0.25) is 4.68 Å². The Morgan fingerprint density at radius 3 is 2.47 bits per heavy atom. The molecule has 1 aromatic heterocycles. The van der Waals surface area contributed by atoms with E-state index < -0.39 is 0 Å². The molecule has 3 nitrogen and oxygen atoms in total. The zero-order chi connectivity index (χ0) is 14.2. The van der Waals surface area contributed by atoms with Crippen LogP contribution in [-0.4, -0.2) is 19.6 Å². The minimum Gasteiger partial charge on any atom is -0.504 e. The first-order valence-electron chi connectivity index (χ1n) is 6.30. The Hall–Kier alpha value is -1.42. The van der Waals surface area contributed by atoms with E-state index in [1.165, 1.54) is 4.90 Å². The topological polar surface area (TPSA) is 38.1 Å². The molecule has 0 amide bonds. The lowest BCUT2D eigenvalue weighted by Crippen LogP contribution is -2.06. The van der Waals surface area contributed by atoms with Crippen LogP contribution in [0.25, 0.3) is 11.3 Å². The van der Waals surface area contributed by atoms with Crippen LogP contribution in [0.5, 0.6) is 5.75 Å². The van der Waals surface area contributed by atoms with Crippen LogP contribution < -0.4 is 0 Å². The Balaban J connectivity index is 2.41. The van der Waals surface area contributed by atoms with Crippen molar-refractivity contribution in [1.29, 1.82) is 0 Å². The van der Waals surface area contributed by atoms with Crippen LogP contribution in [0.15, 0.2) is 29.2 Å². The van der Waals surface area contributed by atoms with Crippen LogP contribution >= 0.6 is 11.8 Å². The summed E-state index contributed by atoms with van der Waals surface area (Å²) in [4.78, 5) is 1.19. The van der Waals surface area contributed by atoms with Gasteiger partial charge in [0.15, 0.2) is 5.75 Å². The van der Waals surface area contributed by atoms with Crippen LogP contribution in [-0.2, 0) is 7.05 Å². The summed E-state index contributed by atoms with van der Waals surface area (Å²) in [7, 11) is 1.84. The van der Waals surface area contributed by atoms with Gasteiger partial charge in [0.1, 0.15) is 5.69 Å². The Bertz CT molecular complexity index is 597. The summed E-state index contributed by atoms with van der Waals surface area (Å²) in [6.07, 6.45) is 0. The lowest BCUT2D eigenvalue weighted by atomic mass is 10.1. The maximum Gasteiger partial charge on any atom is 0.164 e. The first kappa shape index (κ1) is 14.0. The molecule has 0 fully saturated rings. The van der Waals surface area contributed by atoms with Crippen molar-refractivity contribution in [3.05, 3.63) is 30.0 Å². The Labute approximate surface area is 118 Å². The summed E-state index contributed by atoms with van der Waals surface area (Å²) in [6, 6.07) is 8.16. The van der Waals surface area contributed by atoms with Gasteiger partial charge in [-0.2, -0.15) is 5.10 Å². The summed E-state index contributed by atoms with van der Waals surface area (Å²) in [6.45, 7) is 8.42. The second-order valence-corrected chi connectivity index (χ2v) is 7.55. The van der Waals surface area contributed by atoms with Crippen LogP contribution in [0.3, 0.4) is 0 Å². The number of aromatic hydroxyl groups is 1. The van der Waals surface area contributed by atoms with E-state index in [4.69, 9.17) is 0 Å². The molecule has 4 heteroatoms. The van der Waals surface area contributed by atoms with E-state index in [2.05, 4.69) is 38.0 Å². The van der Waals surface area contributed by atoms with Crippen molar-refractivity contribution in [2.45, 2.75) is 37.3 Å². The monoisotopic (exact) mass is 276 g/mol. The van der Waals surface area contributed by atoms with Crippen molar-refractivity contribution < 1.29 is 5.11 Å². The maximum atomic E-state index is 10.1. The van der Waals surface area contributed by atoms with Crippen molar-refractivity contribution in [2.24, 2.45) is 7.05 Å². The largest absolute Gasteiger partial charge is 0.504 e. The molecule has 0 spiro atoms. The highest BCUT2D eigenvalue weighted by atomic mass is 32.2. The molecule has 2 aromatic rings. The molecule has 1 heterocycles. The van der Waals surface area contributed by atoms with Gasteiger partial charge < -0.3 is 5.11 Å². The zero-order valence-electron chi connectivity index (χ0n) is 12.1. The maximum absolute atomic E-state index is 10.1. The highest BCUT2D eigenvalue weighted by molar-refractivity contribution is 8.00. The van der Waals surface area contributed by atoms with Crippen LogP contribution in [0.4, 0.5) is 0 Å². The molecule has 0 aliphatic heterocycles. The van der Waals surface area contributed by atoms with Gasteiger partial charge in [-0.25, -0.2) is 0 Å². The average Bonchev–Trinajstić information content (AvgIpc) is 2.55. The lowest BCUT2D eigenvalue weighted by molar-refractivity contribution is 0.471. The third kappa shape index (κ3) is 3.13. The molecule has 0 bridgehead atoms. The molecular weight excluding hydrogens is 256 g/mol. The second-order valence-electron chi connectivity index (χ2n) is 5.65. The summed E-state index contributed by atoms with van der Waals surface area (Å²) in [5.41, 5.74) is 2.38. The standard InChI is InChI=1S/C15H20N2OS/c1-10-14(18)13(16-17(10)5)11-7-6-8-12(9-11)19-15(2,3)4/h6-9,18H,1-5H3. The molecule has 0 saturated carbocycles. The molecule has 0 radical (unpaired) electrons. The molecule has 1 N–H and O–H groups in total. The molecule has 0 aliphatic rings. The summed E-state index contributed by atoms with van der Waals surface area (Å²) < 4.78 is 1.87. The van der Waals surface area contributed by atoms with Crippen molar-refractivity contribution >= 4 is 11.8 Å². The van der Waals surface area contributed by atoms with E-state index in [0.29, 0.717) is 5.69 Å². The number of thioether (sulfide) groups is 1. The Morgan fingerprint density at radius 2 is 1.95 bits per heavy atom. The molecule has 1 aromatic carbocycles. The number of aromatic nitrogens is 2. The molecule has 102 valence electrons. The van der Waals surface area contributed by atoms with Gasteiger partial charge in [0.25, 0.3) is 0 Å². The van der Waals surface area contributed by atoms with Crippen molar-refractivity contribution in [2.75, 3.05) is 0 Å². The average molecular weight is 276 g/mol. The smallest absolute Gasteiger partial charge is 0.164 e.